The molecule has 22 heavy (non-hydrogen) atoms. The van der Waals surface area contributed by atoms with Gasteiger partial charge in [-0.15, -0.1) is 0 Å². The number of carbonyl (C=O) groups excluding carboxylic acids is 1. The van der Waals surface area contributed by atoms with Crippen LogP contribution in [-0.2, 0) is 0 Å². The van der Waals surface area contributed by atoms with Crippen LogP contribution in [0.25, 0.3) is 5.69 Å². The molecule has 1 amide bonds. The Morgan fingerprint density at radius 1 is 1.32 bits per heavy atom. The molecule has 1 heterocycles. The summed E-state index contributed by atoms with van der Waals surface area (Å²) >= 11 is 0. The minimum Gasteiger partial charge on any atom is -0.396 e. The van der Waals surface area contributed by atoms with Crippen LogP contribution in [0.3, 0.4) is 0 Å². The van der Waals surface area contributed by atoms with Gasteiger partial charge in [0.05, 0.1) is 0 Å². The molecule has 0 spiro atoms. The first kappa shape index (κ1) is 14.6. The minimum absolute atomic E-state index is 0.000909. The monoisotopic (exact) mass is 296 g/mol. The first-order valence-corrected chi connectivity index (χ1v) is 7.51. The summed E-state index contributed by atoms with van der Waals surface area (Å²) < 4.78 is 2.00. The van der Waals surface area contributed by atoms with Gasteiger partial charge in [0.25, 0.3) is 5.91 Å². The smallest absolute Gasteiger partial charge is 0.251 e. The van der Waals surface area contributed by atoms with Gasteiger partial charge in [-0.2, -0.15) is 0 Å². The quantitative estimate of drug-likeness (QED) is 0.852. The lowest BCUT2D eigenvalue weighted by atomic mass is 10.1. The van der Waals surface area contributed by atoms with Crippen LogP contribution in [0.1, 0.15) is 22.3 Å². The van der Waals surface area contributed by atoms with Crippen LogP contribution in [-0.4, -0.2) is 28.2 Å². The number of aliphatic hydroxyl groups excluding tert-OH is 1. The van der Waals surface area contributed by atoms with Crippen molar-refractivity contribution in [3.8, 4) is 5.69 Å². The highest BCUT2D eigenvalue weighted by Gasteiger charge is 2.20. The first-order chi connectivity index (χ1) is 10.7. The number of carbonyl (C=O) groups is 1. The maximum atomic E-state index is 12.4. The Morgan fingerprint density at radius 2 is 2.09 bits per heavy atom. The average Bonchev–Trinajstić information content (AvgIpc) is 3.18. The normalized spacial score (nSPS) is 20.3. The third-order valence-electron chi connectivity index (χ3n) is 4.08. The number of aryl methyl sites for hydroxylation is 1. The summed E-state index contributed by atoms with van der Waals surface area (Å²) in [5.41, 5.74) is 2.77. The lowest BCUT2D eigenvalue weighted by molar-refractivity contribution is 0.0941. The molecule has 2 N–H and O–H groups in total. The summed E-state index contributed by atoms with van der Waals surface area (Å²) in [5, 5.41) is 12.1. The molecular formula is C18H20N2O2. The molecule has 114 valence electrons. The van der Waals surface area contributed by atoms with Crippen molar-refractivity contribution in [2.45, 2.75) is 19.4 Å². The molecule has 0 saturated heterocycles. The van der Waals surface area contributed by atoms with E-state index in [2.05, 4.69) is 5.32 Å². The Bertz CT molecular complexity index is 689. The highest BCUT2D eigenvalue weighted by molar-refractivity contribution is 5.95. The summed E-state index contributed by atoms with van der Waals surface area (Å²) in [7, 11) is 0. The maximum Gasteiger partial charge on any atom is 0.251 e. The Kier molecular flexibility index (Phi) is 4.11. The second-order valence-electron chi connectivity index (χ2n) is 5.73. The minimum atomic E-state index is -0.0818. The molecule has 1 aromatic carbocycles. The zero-order valence-electron chi connectivity index (χ0n) is 12.6. The zero-order chi connectivity index (χ0) is 15.5. The van der Waals surface area contributed by atoms with E-state index in [9.17, 15) is 4.79 Å². The zero-order valence-corrected chi connectivity index (χ0v) is 12.6. The molecule has 4 nitrogen and oxygen atoms in total. The molecule has 1 aliphatic rings. The van der Waals surface area contributed by atoms with Crippen molar-refractivity contribution in [2.24, 2.45) is 5.92 Å². The van der Waals surface area contributed by atoms with Crippen LogP contribution < -0.4 is 5.32 Å². The van der Waals surface area contributed by atoms with E-state index in [-0.39, 0.29) is 24.5 Å². The van der Waals surface area contributed by atoms with Gasteiger partial charge in [0.2, 0.25) is 0 Å². The number of rotatable bonds is 4. The van der Waals surface area contributed by atoms with E-state index < -0.39 is 0 Å². The standard InChI is InChI=1S/C18H20N2O2/c1-13-4-6-15(11-17(13)20-8-2-3-9-20)18(22)19-16-7-5-14(10-16)12-21/h2-9,11,14,16,21H,10,12H2,1H3,(H,19,22)/t14-,16+/m0/s1. The summed E-state index contributed by atoms with van der Waals surface area (Å²) in [6.07, 6.45) is 8.62. The number of hydrogen-bond donors (Lipinski definition) is 2. The van der Waals surface area contributed by atoms with Crippen molar-refractivity contribution in [3.05, 3.63) is 66.0 Å². The maximum absolute atomic E-state index is 12.4. The van der Waals surface area contributed by atoms with Gasteiger partial charge in [-0.25, -0.2) is 0 Å². The molecular weight excluding hydrogens is 276 g/mol. The van der Waals surface area contributed by atoms with Crippen molar-refractivity contribution in [1.29, 1.82) is 0 Å². The van der Waals surface area contributed by atoms with E-state index in [4.69, 9.17) is 5.11 Å². The largest absolute Gasteiger partial charge is 0.396 e. The fraction of sp³-hybridized carbons (Fsp3) is 0.278. The highest BCUT2D eigenvalue weighted by atomic mass is 16.3. The van der Waals surface area contributed by atoms with Crippen molar-refractivity contribution >= 4 is 5.91 Å². The Labute approximate surface area is 130 Å². The number of aromatic nitrogens is 1. The number of nitrogens with one attached hydrogen (secondary N) is 1. The Hall–Kier alpha value is -2.33. The lowest BCUT2D eigenvalue weighted by Gasteiger charge is -2.14. The second-order valence-corrected chi connectivity index (χ2v) is 5.73. The first-order valence-electron chi connectivity index (χ1n) is 7.51. The van der Waals surface area contributed by atoms with Gasteiger partial charge in [0.15, 0.2) is 0 Å². The Morgan fingerprint density at radius 3 is 2.77 bits per heavy atom. The summed E-state index contributed by atoms with van der Waals surface area (Å²) in [5.74, 6) is 0.0698. The van der Waals surface area contributed by atoms with E-state index in [1.54, 1.807) is 0 Å². The van der Waals surface area contributed by atoms with Gasteiger partial charge in [-0.1, -0.05) is 18.2 Å². The van der Waals surface area contributed by atoms with Gasteiger partial charge in [-0.05, 0) is 43.2 Å². The molecule has 1 aromatic heterocycles. The van der Waals surface area contributed by atoms with Gasteiger partial charge >= 0.3 is 0 Å². The summed E-state index contributed by atoms with van der Waals surface area (Å²) in [6.45, 7) is 2.16. The van der Waals surface area contributed by atoms with Crippen molar-refractivity contribution in [1.82, 2.24) is 9.88 Å². The highest BCUT2D eigenvalue weighted by Crippen LogP contribution is 2.19. The summed E-state index contributed by atoms with van der Waals surface area (Å²) in [4.78, 5) is 12.4. The number of amides is 1. The lowest BCUT2D eigenvalue weighted by Crippen LogP contribution is -2.33. The molecule has 0 aliphatic heterocycles. The van der Waals surface area contributed by atoms with Gasteiger partial charge < -0.3 is 15.0 Å². The predicted octanol–water partition coefficient (Wildman–Crippen LogP) is 2.45. The van der Waals surface area contributed by atoms with E-state index in [1.165, 1.54) is 0 Å². The van der Waals surface area contributed by atoms with Crippen molar-refractivity contribution in [3.63, 3.8) is 0 Å². The second kappa shape index (κ2) is 6.20. The van der Waals surface area contributed by atoms with Crippen LogP contribution >= 0.6 is 0 Å². The van der Waals surface area contributed by atoms with Crippen LogP contribution in [0.15, 0.2) is 54.9 Å². The molecule has 0 radical (unpaired) electrons. The third-order valence-corrected chi connectivity index (χ3v) is 4.08. The van der Waals surface area contributed by atoms with Crippen LogP contribution in [0.5, 0.6) is 0 Å². The van der Waals surface area contributed by atoms with Crippen LogP contribution in [0, 0.1) is 12.8 Å². The number of hydrogen-bond acceptors (Lipinski definition) is 2. The molecule has 0 unspecified atom stereocenters. The molecule has 0 bridgehead atoms. The Balaban J connectivity index is 1.76. The topological polar surface area (TPSA) is 54.3 Å². The molecule has 0 saturated carbocycles. The predicted molar refractivity (Wildman–Crippen MR) is 86.1 cm³/mol. The third kappa shape index (κ3) is 2.97. The van der Waals surface area contributed by atoms with E-state index in [0.717, 1.165) is 17.7 Å². The molecule has 3 rings (SSSR count). The van der Waals surface area contributed by atoms with Crippen LogP contribution in [0.4, 0.5) is 0 Å². The fourth-order valence-corrected chi connectivity index (χ4v) is 2.79. The number of aliphatic hydroxyl groups is 1. The van der Waals surface area contributed by atoms with Gasteiger partial charge in [0.1, 0.15) is 0 Å². The molecule has 4 heteroatoms. The van der Waals surface area contributed by atoms with Gasteiger partial charge in [-0.3, -0.25) is 4.79 Å². The van der Waals surface area contributed by atoms with E-state index in [1.807, 2.05) is 66.4 Å². The molecule has 1 aliphatic carbocycles. The molecule has 2 aromatic rings. The van der Waals surface area contributed by atoms with Crippen molar-refractivity contribution in [2.75, 3.05) is 6.61 Å². The van der Waals surface area contributed by atoms with E-state index in [0.29, 0.717) is 5.56 Å². The number of nitrogens with zero attached hydrogens (tertiary/aromatic N) is 1. The summed E-state index contributed by atoms with van der Waals surface area (Å²) in [6, 6.07) is 9.65. The van der Waals surface area contributed by atoms with Gasteiger partial charge in [0, 0.05) is 42.2 Å². The fourth-order valence-electron chi connectivity index (χ4n) is 2.79. The average molecular weight is 296 g/mol. The molecule has 0 fully saturated rings. The van der Waals surface area contributed by atoms with E-state index >= 15 is 0 Å². The molecule has 2 atom stereocenters. The number of benzene rings is 1. The SMILES string of the molecule is Cc1ccc(C(=O)N[C@@H]2C=C[C@H](CO)C2)cc1-n1cccc1. The van der Waals surface area contributed by atoms with Crippen LogP contribution in [0.2, 0.25) is 0 Å². The van der Waals surface area contributed by atoms with Crippen molar-refractivity contribution < 1.29 is 9.90 Å².